The lowest BCUT2D eigenvalue weighted by Crippen LogP contribution is -2.31. The summed E-state index contributed by atoms with van der Waals surface area (Å²) in [4.78, 5) is 4.72. The molecule has 6 nitrogen and oxygen atoms in total. The second kappa shape index (κ2) is 6.72. The molecule has 0 amide bonds. The molecule has 2 aromatic rings. The monoisotopic (exact) mass is 392 g/mol. The molecule has 0 atom stereocenters. The zero-order valence-corrected chi connectivity index (χ0v) is 17.0. The number of rotatable bonds is 6. The first-order chi connectivity index (χ1) is 12.4. The Morgan fingerprint density at radius 1 is 1.33 bits per heavy atom. The lowest BCUT2D eigenvalue weighted by Gasteiger charge is -2.24. The van der Waals surface area contributed by atoms with Gasteiger partial charge in [-0.05, 0) is 57.4 Å². The first kappa shape index (κ1) is 20.0. The van der Waals surface area contributed by atoms with Crippen molar-refractivity contribution in [1.82, 2.24) is 9.55 Å². The Balaban J connectivity index is 2.07. The van der Waals surface area contributed by atoms with E-state index in [1.807, 2.05) is 11.5 Å². The first-order valence-corrected chi connectivity index (χ1v) is 10.9. The van der Waals surface area contributed by atoms with Gasteiger partial charge in [0.05, 0.1) is 39.4 Å². The Morgan fingerprint density at radius 3 is 2.52 bits per heavy atom. The number of nitrogens with zero attached hydrogens (tertiary/aromatic N) is 2. The van der Waals surface area contributed by atoms with E-state index in [0.29, 0.717) is 17.9 Å². The highest BCUT2D eigenvalue weighted by Gasteiger charge is 2.33. The van der Waals surface area contributed by atoms with Crippen LogP contribution < -0.4 is 0 Å². The molecule has 0 saturated heterocycles. The highest BCUT2D eigenvalue weighted by Crippen LogP contribution is 2.34. The van der Waals surface area contributed by atoms with Gasteiger partial charge < -0.3 is 14.8 Å². The van der Waals surface area contributed by atoms with Crippen LogP contribution in [0.2, 0.25) is 0 Å². The maximum atomic E-state index is 12.6. The Morgan fingerprint density at radius 2 is 1.96 bits per heavy atom. The number of fused-ring (bicyclic) bond motifs is 1. The van der Waals surface area contributed by atoms with Crippen molar-refractivity contribution in [2.45, 2.75) is 69.1 Å². The van der Waals surface area contributed by atoms with E-state index in [9.17, 15) is 18.6 Å². The van der Waals surface area contributed by atoms with E-state index >= 15 is 0 Å². The molecule has 3 rings (SSSR count). The molecule has 1 aromatic carbocycles. The van der Waals surface area contributed by atoms with Crippen LogP contribution in [0.1, 0.15) is 52.3 Å². The highest BCUT2D eigenvalue weighted by molar-refractivity contribution is 7.91. The third-order valence-corrected chi connectivity index (χ3v) is 7.05. The van der Waals surface area contributed by atoms with Crippen LogP contribution in [-0.2, 0) is 16.4 Å². The van der Waals surface area contributed by atoms with Gasteiger partial charge in [0.15, 0.2) is 9.84 Å². The predicted molar refractivity (Wildman–Crippen MR) is 106 cm³/mol. The molecule has 1 saturated carbocycles. The standard InChI is InChI=1S/C20H28N2O4S/c1-14(2)18-21-16-11-15(27(25,26)13-19(3,4)23)7-8-17(16)22(18)12-20(24)9-5-6-10-20/h7-8,11,23-24H,1,5-6,9-10,12-13H2,2-4H3. The minimum atomic E-state index is -3.64. The van der Waals surface area contributed by atoms with Crippen LogP contribution in [0, 0.1) is 0 Å². The van der Waals surface area contributed by atoms with Gasteiger partial charge in [-0.1, -0.05) is 19.4 Å². The van der Waals surface area contributed by atoms with Crippen molar-refractivity contribution in [3.05, 3.63) is 30.6 Å². The molecular weight excluding hydrogens is 364 g/mol. The number of aromatic nitrogens is 2. The molecule has 1 heterocycles. The van der Waals surface area contributed by atoms with Crippen molar-refractivity contribution in [3.63, 3.8) is 0 Å². The van der Waals surface area contributed by atoms with Gasteiger partial charge >= 0.3 is 0 Å². The summed E-state index contributed by atoms with van der Waals surface area (Å²) in [5.74, 6) is 0.293. The zero-order chi connectivity index (χ0) is 20.0. The molecule has 27 heavy (non-hydrogen) atoms. The summed E-state index contributed by atoms with van der Waals surface area (Å²) in [6, 6.07) is 4.81. The summed E-state index contributed by atoms with van der Waals surface area (Å²) in [5.41, 5.74) is 0.00118. The molecule has 1 aliphatic rings. The first-order valence-electron chi connectivity index (χ1n) is 9.24. The summed E-state index contributed by atoms with van der Waals surface area (Å²) in [6.45, 7) is 9.19. The minimum absolute atomic E-state index is 0.134. The summed E-state index contributed by atoms with van der Waals surface area (Å²) < 4.78 is 27.1. The molecule has 7 heteroatoms. The highest BCUT2D eigenvalue weighted by atomic mass is 32.2. The topological polar surface area (TPSA) is 92.4 Å². The Kier molecular flexibility index (Phi) is 4.99. The van der Waals surface area contributed by atoms with Gasteiger partial charge in [0, 0.05) is 0 Å². The second-order valence-electron chi connectivity index (χ2n) is 8.46. The fourth-order valence-electron chi connectivity index (χ4n) is 3.82. The molecule has 0 aliphatic heterocycles. The maximum absolute atomic E-state index is 12.6. The van der Waals surface area contributed by atoms with Crippen LogP contribution >= 0.6 is 0 Å². The number of benzene rings is 1. The summed E-state index contributed by atoms with van der Waals surface area (Å²) >= 11 is 0. The molecule has 1 fully saturated rings. The van der Waals surface area contributed by atoms with Crippen LogP contribution in [0.25, 0.3) is 16.6 Å². The Hall–Kier alpha value is -1.70. The molecule has 0 unspecified atom stereocenters. The van der Waals surface area contributed by atoms with Crippen molar-refractivity contribution in [1.29, 1.82) is 0 Å². The van der Waals surface area contributed by atoms with Gasteiger partial charge in [-0.25, -0.2) is 13.4 Å². The van der Waals surface area contributed by atoms with Crippen molar-refractivity contribution < 1.29 is 18.6 Å². The van der Waals surface area contributed by atoms with Gasteiger partial charge in [-0.15, -0.1) is 0 Å². The van der Waals surface area contributed by atoms with Gasteiger partial charge in [-0.2, -0.15) is 0 Å². The minimum Gasteiger partial charge on any atom is -0.389 e. The van der Waals surface area contributed by atoms with Crippen molar-refractivity contribution in [2.75, 3.05) is 5.75 Å². The number of hydrogen-bond acceptors (Lipinski definition) is 5. The van der Waals surface area contributed by atoms with Crippen LogP contribution in [0.15, 0.2) is 29.7 Å². The molecule has 0 radical (unpaired) electrons. The van der Waals surface area contributed by atoms with Crippen molar-refractivity contribution in [2.24, 2.45) is 0 Å². The number of imidazole rings is 1. The third-order valence-electron chi connectivity index (χ3n) is 4.99. The third kappa shape index (κ3) is 4.25. The molecule has 2 N–H and O–H groups in total. The number of aliphatic hydroxyl groups is 2. The molecule has 0 bridgehead atoms. The van der Waals surface area contributed by atoms with E-state index in [-0.39, 0.29) is 10.6 Å². The largest absolute Gasteiger partial charge is 0.389 e. The van der Waals surface area contributed by atoms with Crippen molar-refractivity contribution in [3.8, 4) is 0 Å². The normalized spacial score (nSPS) is 17.5. The number of allylic oxidation sites excluding steroid dienone is 1. The summed E-state index contributed by atoms with van der Waals surface area (Å²) in [6.07, 6.45) is 3.51. The molecule has 1 aromatic heterocycles. The lowest BCUT2D eigenvalue weighted by molar-refractivity contribution is 0.0307. The van der Waals surface area contributed by atoms with E-state index in [4.69, 9.17) is 0 Å². The second-order valence-corrected chi connectivity index (χ2v) is 10.4. The van der Waals surface area contributed by atoms with E-state index < -0.39 is 21.0 Å². The zero-order valence-electron chi connectivity index (χ0n) is 16.2. The number of sulfone groups is 1. The fraction of sp³-hybridized carbons (Fsp3) is 0.550. The SMILES string of the molecule is C=C(C)c1nc2cc(S(=O)(=O)CC(C)(C)O)ccc2n1CC1(O)CCCC1. The van der Waals surface area contributed by atoms with E-state index in [2.05, 4.69) is 11.6 Å². The average molecular weight is 393 g/mol. The van der Waals surface area contributed by atoms with E-state index in [0.717, 1.165) is 36.8 Å². The van der Waals surface area contributed by atoms with Crippen LogP contribution in [-0.4, -0.2) is 45.1 Å². The molecule has 1 aliphatic carbocycles. The fourth-order valence-corrected chi connectivity index (χ4v) is 5.49. The maximum Gasteiger partial charge on any atom is 0.181 e. The predicted octanol–water partition coefficient (Wildman–Crippen LogP) is 2.92. The lowest BCUT2D eigenvalue weighted by atomic mass is 10.0. The Bertz CT molecular complexity index is 977. The summed E-state index contributed by atoms with van der Waals surface area (Å²) in [5, 5.41) is 20.7. The Labute approximate surface area is 160 Å². The molecular formula is C20H28N2O4S. The smallest absolute Gasteiger partial charge is 0.181 e. The molecule has 148 valence electrons. The molecule has 0 spiro atoms. The number of hydrogen-bond donors (Lipinski definition) is 2. The van der Waals surface area contributed by atoms with Crippen LogP contribution in [0.3, 0.4) is 0 Å². The van der Waals surface area contributed by atoms with Gasteiger partial charge in [0.1, 0.15) is 5.82 Å². The van der Waals surface area contributed by atoms with Gasteiger partial charge in [0.25, 0.3) is 0 Å². The summed E-state index contributed by atoms with van der Waals surface area (Å²) in [7, 11) is -3.64. The van der Waals surface area contributed by atoms with Crippen LogP contribution in [0.4, 0.5) is 0 Å². The van der Waals surface area contributed by atoms with Gasteiger partial charge in [0.2, 0.25) is 0 Å². The van der Waals surface area contributed by atoms with Crippen molar-refractivity contribution >= 4 is 26.4 Å². The van der Waals surface area contributed by atoms with E-state index in [1.54, 1.807) is 12.1 Å². The average Bonchev–Trinajstić information content (AvgIpc) is 3.09. The van der Waals surface area contributed by atoms with Crippen LogP contribution in [0.5, 0.6) is 0 Å². The van der Waals surface area contributed by atoms with E-state index in [1.165, 1.54) is 19.9 Å². The quantitative estimate of drug-likeness (QED) is 0.788. The van der Waals surface area contributed by atoms with Gasteiger partial charge in [-0.3, -0.25) is 0 Å².